The fraction of sp³-hybridized carbons (Fsp3) is 1.00. The second-order valence-electron chi connectivity index (χ2n) is 7.23. The van der Waals surface area contributed by atoms with Gasteiger partial charge in [-0.1, -0.05) is 40.0 Å². The second kappa shape index (κ2) is 7.26. The molecule has 20 heavy (non-hydrogen) atoms. The van der Waals surface area contributed by atoms with Crippen molar-refractivity contribution in [2.45, 2.75) is 96.7 Å². The predicted molar refractivity (Wildman–Crippen MR) is 88.1 cm³/mol. The average molecular weight is 280 g/mol. The van der Waals surface area contributed by atoms with E-state index >= 15 is 0 Å². The van der Waals surface area contributed by atoms with Crippen LogP contribution < -0.4 is 5.32 Å². The molecule has 1 heterocycles. The average Bonchev–Trinajstić information content (AvgIpc) is 2.54. The molecule has 2 nitrogen and oxygen atoms in total. The normalized spacial score (nSPS) is 30.3. The van der Waals surface area contributed by atoms with Crippen molar-refractivity contribution in [3.63, 3.8) is 0 Å². The Bertz CT molecular complexity index is 279. The lowest BCUT2D eigenvalue weighted by Crippen LogP contribution is -2.67. The van der Waals surface area contributed by atoms with Crippen molar-refractivity contribution in [3.8, 4) is 0 Å². The zero-order valence-corrected chi connectivity index (χ0v) is 14.3. The molecule has 2 heteroatoms. The molecule has 0 radical (unpaired) electrons. The molecule has 2 unspecified atom stereocenters. The fourth-order valence-electron chi connectivity index (χ4n) is 4.52. The predicted octanol–water partition coefficient (Wildman–Crippen LogP) is 4.20. The van der Waals surface area contributed by atoms with Gasteiger partial charge >= 0.3 is 0 Å². The largest absolute Gasteiger partial charge is 0.311 e. The molecule has 2 rings (SSSR count). The van der Waals surface area contributed by atoms with Crippen LogP contribution in [0.15, 0.2) is 0 Å². The second-order valence-corrected chi connectivity index (χ2v) is 7.23. The lowest BCUT2D eigenvalue weighted by Gasteiger charge is -2.54. The topological polar surface area (TPSA) is 15.3 Å². The number of nitrogens with zero attached hydrogens (tertiary/aromatic N) is 1. The summed E-state index contributed by atoms with van der Waals surface area (Å²) < 4.78 is 0. The smallest absolute Gasteiger partial charge is 0.0332 e. The van der Waals surface area contributed by atoms with E-state index in [-0.39, 0.29) is 0 Å². The van der Waals surface area contributed by atoms with Crippen LogP contribution in [0.25, 0.3) is 0 Å². The summed E-state index contributed by atoms with van der Waals surface area (Å²) in [6, 6.07) is 1.47. The zero-order chi connectivity index (χ0) is 14.6. The first-order chi connectivity index (χ1) is 9.66. The summed E-state index contributed by atoms with van der Waals surface area (Å²) in [5, 5.41) is 3.95. The third-order valence-electron chi connectivity index (χ3n) is 6.35. The molecule has 2 atom stereocenters. The molecule has 0 bridgehead atoms. The number of hydrogen-bond donors (Lipinski definition) is 1. The van der Waals surface area contributed by atoms with Crippen LogP contribution in [0.1, 0.15) is 79.1 Å². The van der Waals surface area contributed by atoms with Crippen LogP contribution in [0.3, 0.4) is 0 Å². The number of hydrogen-bond acceptors (Lipinski definition) is 2. The van der Waals surface area contributed by atoms with E-state index in [0.29, 0.717) is 5.54 Å². The molecule has 2 fully saturated rings. The van der Waals surface area contributed by atoms with Crippen LogP contribution in [-0.4, -0.2) is 35.6 Å². The Morgan fingerprint density at radius 3 is 2.30 bits per heavy atom. The molecule has 1 aliphatic heterocycles. The van der Waals surface area contributed by atoms with E-state index in [1.807, 2.05) is 0 Å². The fourth-order valence-corrected chi connectivity index (χ4v) is 4.52. The summed E-state index contributed by atoms with van der Waals surface area (Å²) in [5.41, 5.74) is 0.403. The van der Waals surface area contributed by atoms with Gasteiger partial charge in [0, 0.05) is 30.7 Å². The lowest BCUT2D eigenvalue weighted by atomic mass is 9.79. The maximum absolute atomic E-state index is 3.95. The number of piperazine rings is 1. The summed E-state index contributed by atoms with van der Waals surface area (Å²) in [6.45, 7) is 12.0. The third kappa shape index (κ3) is 3.22. The summed E-state index contributed by atoms with van der Waals surface area (Å²) in [6.07, 6.45) is 11.1. The van der Waals surface area contributed by atoms with Crippen LogP contribution in [0.2, 0.25) is 0 Å². The minimum atomic E-state index is 0.403. The highest BCUT2D eigenvalue weighted by Gasteiger charge is 2.42. The van der Waals surface area contributed by atoms with Gasteiger partial charge in [0.1, 0.15) is 0 Å². The Balaban J connectivity index is 2.08. The first-order valence-electron chi connectivity index (χ1n) is 9.17. The summed E-state index contributed by atoms with van der Waals surface area (Å²) in [4.78, 5) is 2.86. The molecule has 0 aromatic rings. The van der Waals surface area contributed by atoms with Crippen LogP contribution >= 0.6 is 0 Å². The van der Waals surface area contributed by atoms with Crippen molar-refractivity contribution in [2.24, 2.45) is 5.92 Å². The Hall–Kier alpha value is -0.0800. The highest BCUT2D eigenvalue weighted by atomic mass is 15.3. The maximum atomic E-state index is 3.95. The summed E-state index contributed by atoms with van der Waals surface area (Å²) in [7, 11) is 0. The van der Waals surface area contributed by atoms with Crippen LogP contribution in [0, 0.1) is 5.92 Å². The molecule has 0 amide bonds. The minimum Gasteiger partial charge on any atom is -0.311 e. The van der Waals surface area contributed by atoms with Crippen molar-refractivity contribution in [1.82, 2.24) is 10.2 Å². The molecule has 0 spiro atoms. The van der Waals surface area contributed by atoms with Gasteiger partial charge in [-0.25, -0.2) is 0 Å². The van der Waals surface area contributed by atoms with Crippen molar-refractivity contribution in [2.75, 3.05) is 13.1 Å². The quantitative estimate of drug-likeness (QED) is 0.812. The Morgan fingerprint density at radius 2 is 1.75 bits per heavy atom. The molecule has 0 aromatic heterocycles. The van der Waals surface area contributed by atoms with E-state index < -0.39 is 0 Å². The van der Waals surface area contributed by atoms with E-state index in [1.54, 1.807) is 0 Å². The number of nitrogens with one attached hydrogen (secondary N) is 1. The summed E-state index contributed by atoms with van der Waals surface area (Å²) in [5.74, 6) is 0.932. The molecule has 1 saturated heterocycles. The zero-order valence-electron chi connectivity index (χ0n) is 14.3. The highest BCUT2D eigenvalue weighted by molar-refractivity contribution is 5.00. The molecule has 0 aromatic carbocycles. The van der Waals surface area contributed by atoms with Crippen molar-refractivity contribution in [1.29, 1.82) is 0 Å². The first kappa shape index (κ1) is 16.3. The first-order valence-corrected chi connectivity index (χ1v) is 9.17. The van der Waals surface area contributed by atoms with Crippen LogP contribution in [-0.2, 0) is 0 Å². The molecular weight excluding hydrogens is 244 g/mol. The van der Waals surface area contributed by atoms with E-state index in [0.717, 1.165) is 18.0 Å². The summed E-state index contributed by atoms with van der Waals surface area (Å²) >= 11 is 0. The minimum absolute atomic E-state index is 0.403. The standard InChI is InChI=1S/C18H36N2/c1-5-15(4)20-13-17(16-11-9-8-10-12-16)19-14-18(20,6-2)7-3/h15-17,19H,5-14H2,1-4H3. The van der Waals surface area contributed by atoms with Crippen LogP contribution in [0.5, 0.6) is 0 Å². The molecule has 2 aliphatic rings. The van der Waals surface area contributed by atoms with E-state index in [9.17, 15) is 0 Å². The molecule has 1 saturated carbocycles. The van der Waals surface area contributed by atoms with E-state index in [2.05, 4.69) is 37.9 Å². The van der Waals surface area contributed by atoms with Gasteiger partial charge in [0.25, 0.3) is 0 Å². The van der Waals surface area contributed by atoms with Gasteiger partial charge in [-0.2, -0.15) is 0 Å². The van der Waals surface area contributed by atoms with E-state index in [4.69, 9.17) is 0 Å². The Kier molecular flexibility index (Phi) is 5.92. The Morgan fingerprint density at radius 1 is 1.10 bits per heavy atom. The maximum Gasteiger partial charge on any atom is 0.0332 e. The molecule has 1 aliphatic carbocycles. The van der Waals surface area contributed by atoms with Gasteiger partial charge < -0.3 is 5.32 Å². The van der Waals surface area contributed by atoms with Gasteiger partial charge in [0.15, 0.2) is 0 Å². The Labute approximate surface area is 126 Å². The van der Waals surface area contributed by atoms with Gasteiger partial charge in [-0.3, -0.25) is 4.90 Å². The molecule has 118 valence electrons. The molecule has 1 N–H and O–H groups in total. The monoisotopic (exact) mass is 280 g/mol. The van der Waals surface area contributed by atoms with Gasteiger partial charge in [-0.05, 0) is 44.9 Å². The lowest BCUT2D eigenvalue weighted by molar-refractivity contribution is -0.0140. The molecular formula is C18H36N2. The van der Waals surface area contributed by atoms with Crippen molar-refractivity contribution >= 4 is 0 Å². The highest BCUT2D eigenvalue weighted by Crippen LogP contribution is 2.34. The van der Waals surface area contributed by atoms with Crippen molar-refractivity contribution < 1.29 is 0 Å². The van der Waals surface area contributed by atoms with Crippen LogP contribution in [0.4, 0.5) is 0 Å². The van der Waals surface area contributed by atoms with E-state index in [1.165, 1.54) is 64.5 Å². The van der Waals surface area contributed by atoms with Crippen molar-refractivity contribution in [3.05, 3.63) is 0 Å². The SMILES string of the molecule is CCC(C)N1CC(C2CCCCC2)NCC1(CC)CC. The van der Waals surface area contributed by atoms with Gasteiger partial charge in [0.05, 0.1) is 0 Å². The number of rotatable bonds is 5. The van der Waals surface area contributed by atoms with Gasteiger partial charge in [-0.15, -0.1) is 0 Å². The van der Waals surface area contributed by atoms with Gasteiger partial charge in [0.2, 0.25) is 0 Å². The third-order valence-corrected chi connectivity index (χ3v) is 6.35.